The quantitative estimate of drug-likeness (QED) is 0.829. The van der Waals surface area contributed by atoms with Gasteiger partial charge in [-0.3, -0.25) is 9.59 Å². The Morgan fingerprint density at radius 3 is 3.00 bits per heavy atom. The van der Waals surface area contributed by atoms with Crippen molar-refractivity contribution in [2.45, 2.75) is 32.9 Å². The number of hydrogen-bond donors (Lipinski definition) is 1. The van der Waals surface area contributed by atoms with E-state index in [0.717, 1.165) is 0 Å². The molecule has 0 spiro atoms. The second kappa shape index (κ2) is 5.86. The molecule has 1 aromatic heterocycles. The zero-order chi connectivity index (χ0) is 13.8. The Balaban J connectivity index is 1.82. The van der Waals surface area contributed by atoms with Crippen molar-refractivity contribution in [2.75, 3.05) is 13.1 Å². The zero-order valence-corrected chi connectivity index (χ0v) is 11.4. The molecular formula is C13H20N4O2. The van der Waals surface area contributed by atoms with Crippen LogP contribution in [0.5, 0.6) is 0 Å². The first-order chi connectivity index (χ1) is 9.10. The van der Waals surface area contributed by atoms with Gasteiger partial charge < -0.3 is 14.8 Å². The fourth-order valence-corrected chi connectivity index (χ4v) is 2.37. The summed E-state index contributed by atoms with van der Waals surface area (Å²) in [4.78, 5) is 29.4. The molecule has 1 aromatic rings. The van der Waals surface area contributed by atoms with Crippen molar-refractivity contribution >= 4 is 11.8 Å². The maximum atomic E-state index is 12.1. The molecule has 0 aromatic carbocycles. The van der Waals surface area contributed by atoms with Gasteiger partial charge >= 0.3 is 0 Å². The van der Waals surface area contributed by atoms with Crippen LogP contribution < -0.4 is 5.32 Å². The van der Waals surface area contributed by atoms with Gasteiger partial charge in [0.15, 0.2) is 0 Å². The summed E-state index contributed by atoms with van der Waals surface area (Å²) in [7, 11) is 0. The van der Waals surface area contributed by atoms with Crippen molar-refractivity contribution < 1.29 is 9.59 Å². The minimum absolute atomic E-state index is 0.0208. The topological polar surface area (TPSA) is 67.2 Å². The number of carbonyl (C=O) groups is 2. The van der Waals surface area contributed by atoms with E-state index in [2.05, 4.69) is 10.3 Å². The summed E-state index contributed by atoms with van der Waals surface area (Å²) in [6.07, 6.45) is 5.63. The number of aromatic nitrogens is 2. The first-order valence-corrected chi connectivity index (χ1v) is 6.64. The number of nitrogens with one attached hydrogen (secondary N) is 1. The molecule has 0 radical (unpaired) electrons. The summed E-state index contributed by atoms with van der Waals surface area (Å²) in [5.74, 6) is -0.167. The molecule has 1 aliphatic heterocycles. The van der Waals surface area contributed by atoms with Gasteiger partial charge in [-0.05, 0) is 13.8 Å². The van der Waals surface area contributed by atoms with Crippen LogP contribution in [0, 0.1) is 5.92 Å². The molecule has 1 N–H and O–H groups in total. The van der Waals surface area contributed by atoms with Crippen LogP contribution in [-0.2, 0) is 16.1 Å². The molecule has 0 unspecified atom stereocenters. The van der Waals surface area contributed by atoms with E-state index in [1.807, 2.05) is 24.6 Å². The van der Waals surface area contributed by atoms with E-state index in [9.17, 15) is 9.59 Å². The van der Waals surface area contributed by atoms with Crippen molar-refractivity contribution in [1.82, 2.24) is 19.8 Å². The number of rotatable bonds is 5. The van der Waals surface area contributed by atoms with Gasteiger partial charge in [0.1, 0.15) is 0 Å². The number of carbonyl (C=O) groups excluding carboxylic acids is 2. The number of likely N-dealkylation sites (tertiary alicyclic amines) is 1. The van der Waals surface area contributed by atoms with Gasteiger partial charge in [-0.1, -0.05) is 0 Å². The molecule has 19 heavy (non-hydrogen) atoms. The first kappa shape index (κ1) is 13.6. The van der Waals surface area contributed by atoms with Crippen LogP contribution in [0.1, 0.15) is 20.3 Å². The molecule has 2 rings (SSSR count). The molecular weight excluding hydrogens is 244 g/mol. The van der Waals surface area contributed by atoms with E-state index in [1.165, 1.54) is 0 Å². The smallest absolute Gasteiger partial charge is 0.225 e. The van der Waals surface area contributed by atoms with Gasteiger partial charge in [0.2, 0.25) is 11.8 Å². The Morgan fingerprint density at radius 1 is 1.63 bits per heavy atom. The number of nitrogens with zero attached hydrogens (tertiary/aromatic N) is 3. The Hall–Kier alpha value is -1.85. The Bertz CT molecular complexity index is 444. The summed E-state index contributed by atoms with van der Waals surface area (Å²) in [6.45, 7) is 5.78. The lowest BCUT2D eigenvalue weighted by Gasteiger charge is -2.17. The molecule has 0 bridgehead atoms. The molecule has 2 heterocycles. The van der Waals surface area contributed by atoms with Gasteiger partial charge in [-0.25, -0.2) is 4.98 Å². The van der Waals surface area contributed by atoms with Crippen molar-refractivity contribution in [3.05, 3.63) is 18.7 Å². The predicted octanol–water partition coefficient (Wildman–Crippen LogP) is 0.256. The van der Waals surface area contributed by atoms with Crippen LogP contribution in [0.15, 0.2) is 18.7 Å². The highest BCUT2D eigenvalue weighted by molar-refractivity contribution is 5.89. The summed E-state index contributed by atoms with van der Waals surface area (Å²) < 4.78 is 1.92. The lowest BCUT2D eigenvalue weighted by molar-refractivity contribution is -0.129. The third-order valence-electron chi connectivity index (χ3n) is 3.40. The largest absolute Gasteiger partial charge is 0.352 e. The first-order valence-electron chi connectivity index (χ1n) is 6.64. The van der Waals surface area contributed by atoms with Crippen LogP contribution in [-0.4, -0.2) is 45.4 Å². The van der Waals surface area contributed by atoms with Gasteiger partial charge in [-0.15, -0.1) is 0 Å². The lowest BCUT2D eigenvalue weighted by Crippen LogP contribution is -2.40. The van der Waals surface area contributed by atoms with Crippen molar-refractivity contribution in [1.29, 1.82) is 0 Å². The lowest BCUT2D eigenvalue weighted by atomic mass is 10.1. The van der Waals surface area contributed by atoms with Gasteiger partial charge in [0, 0.05) is 44.5 Å². The number of amides is 2. The minimum atomic E-state index is -0.210. The molecule has 2 atom stereocenters. The number of hydrogen-bond acceptors (Lipinski definition) is 3. The summed E-state index contributed by atoms with van der Waals surface area (Å²) in [6, 6.07) is 0.0208. The Kier molecular flexibility index (Phi) is 4.19. The average Bonchev–Trinajstić information content (AvgIpc) is 2.98. The summed E-state index contributed by atoms with van der Waals surface area (Å²) in [5.41, 5.74) is 0. The molecule has 104 valence electrons. The summed E-state index contributed by atoms with van der Waals surface area (Å²) >= 11 is 0. The molecule has 0 saturated carbocycles. The molecule has 1 fully saturated rings. The Labute approximate surface area is 112 Å². The van der Waals surface area contributed by atoms with Crippen LogP contribution in [0.25, 0.3) is 0 Å². The molecule has 6 heteroatoms. The fraction of sp³-hybridized carbons (Fsp3) is 0.615. The van der Waals surface area contributed by atoms with Crippen LogP contribution >= 0.6 is 0 Å². The highest BCUT2D eigenvalue weighted by Gasteiger charge is 2.33. The van der Waals surface area contributed by atoms with E-state index in [1.54, 1.807) is 17.4 Å². The molecule has 1 saturated heterocycles. The highest BCUT2D eigenvalue weighted by atomic mass is 16.2. The average molecular weight is 264 g/mol. The van der Waals surface area contributed by atoms with Crippen LogP contribution in [0.4, 0.5) is 0 Å². The van der Waals surface area contributed by atoms with Gasteiger partial charge in [0.05, 0.1) is 12.2 Å². The second-order valence-electron chi connectivity index (χ2n) is 5.00. The highest BCUT2D eigenvalue weighted by Crippen LogP contribution is 2.17. The maximum absolute atomic E-state index is 12.1. The SMILES string of the molecule is CCN1C[C@H](C(=O)N[C@H](C)Cn2ccnc2)CC1=O. The standard InChI is InChI=1S/C13H20N4O2/c1-3-17-8-11(6-12(17)18)13(19)15-10(2)7-16-5-4-14-9-16/h4-5,9-11H,3,6-8H2,1-2H3,(H,15,19)/t10-,11-/m1/s1. The van der Waals surface area contributed by atoms with Gasteiger partial charge in [0.25, 0.3) is 0 Å². The van der Waals surface area contributed by atoms with Gasteiger partial charge in [-0.2, -0.15) is 0 Å². The van der Waals surface area contributed by atoms with Crippen molar-refractivity contribution in [3.63, 3.8) is 0 Å². The second-order valence-corrected chi connectivity index (χ2v) is 5.00. The fourth-order valence-electron chi connectivity index (χ4n) is 2.37. The van der Waals surface area contributed by atoms with E-state index < -0.39 is 0 Å². The molecule has 2 amide bonds. The van der Waals surface area contributed by atoms with Crippen LogP contribution in [0.3, 0.4) is 0 Å². The normalized spacial score (nSPS) is 20.6. The van der Waals surface area contributed by atoms with Crippen LogP contribution in [0.2, 0.25) is 0 Å². The Morgan fingerprint density at radius 2 is 2.42 bits per heavy atom. The molecule has 6 nitrogen and oxygen atoms in total. The number of imidazole rings is 1. The molecule has 1 aliphatic rings. The third kappa shape index (κ3) is 3.33. The third-order valence-corrected chi connectivity index (χ3v) is 3.40. The van der Waals surface area contributed by atoms with E-state index in [0.29, 0.717) is 26.1 Å². The predicted molar refractivity (Wildman–Crippen MR) is 70.2 cm³/mol. The van der Waals surface area contributed by atoms with E-state index in [-0.39, 0.29) is 23.8 Å². The van der Waals surface area contributed by atoms with Crippen molar-refractivity contribution in [3.8, 4) is 0 Å². The zero-order valence-electron chi connectivity index (χ0n) is 11.4. The van der Waals surface area contributed by atoms with Crippen molar-refractivity contribution in [2.24, 2.45) is 5.92 Å². The maximum Gasteiger partial charge on any atom is 0.225 e. The van der Waals surface area contributed by atoms with E-state index in [4.69, 9.17) is 0 Å². The minimum Gasteiger partial charge on any atom is -0.352 e. The summed E-state index contributed by atoms with van der Waals surface area (Å²) in [5, 5.41) is 2.96. The molecule has 0 aliphatic carbocycles. The monoisotopic (exact) mass is 264 g/mol. The van der Waals surface area contributed by atoms with E-state index >= 15 is 0 Å².